The van der Waals surface area contributed by atoms with Crippen LogP contribution in [0.2, 0.25) is 10.0 Å². The lowest BCUT2D eigenvalue weighted by atomic mass is 9.94. The van der Waals surface area contributed by atoms with Crippen LogP contribution >= 0.6 is 23.2 Å². The molecule has 0 aromatic heterocycles. The number of hydrogen-bond donors (Lipinski definition) is 1. The van der Waals surface area contributed by atoms with Crippen LogP contribution in [-0.2, 0) is 16.0 Å². The quantitative estimate of drug-likeness (QED) is 0.242. The lowest BCUT2D eigenvalue weighted by molar-refractivity contribution is -0.132. The van der Waals surface area contributed by atoms with Gasteiger partial charge in [0.1, 0.15) is 10.8 Å². The molecule has 3 aromatic rings. The number of nitrogens with zero attached hydrogens (tertiary/aromatic N) is 1. The number of amides is 1. The molecule has 1 aliphatic rings. The molecule has 1 N–H and O–H groups in total. The van der Waals surface area contributed by atoms with E-state index in [-0.39, 0.29) is 32.7 Å². The fraction of sp³-hybridized carbons (Fsp3) is 0.185. The van der Waals surface area contributed by atoms with Crippen LogP contribution in [0.5, 0.6) is 11.5 Å². The Bertz CT molecular complexity index is 1320. The normalized spacial score (nSPS) is 17.1. The Morgan fingerprint density at radius 3 is 2.17 bits per heavy atom. The number of hydrogen-bond acceptors (Lipinski definition) is 5. The van der Waals surface area contributed by atoms with Crippen molar-refractivity contribution in [2.24, 2.45) is 0 Å². The third kappa shape index (κ3) is 4.24. The van der Waals surface area contributed by atoms with Crippen molar-refractivity contribution in [3.8, 4) is 11.5 Å². The maximum atomic E-state index is 13.4. The molecule has 0 aliphatic carbocycles. The van der Waals surface area contributed by atoms with Gasteiger partial charge in [-0.2, -0.15) is 0 Å². The molecule has 0 spiro atoms. The maximum Gasteiger partial charge on any atom is 0.300 e. The van der Waals surface area contributed by atoms with Crippen molar-refractivity contribution in [1.29, 1.82) is 0 Å². The van der Waals surface area contributed by atoms with Crippen LogP contribution in [-0.4, -0.2) is 31.0 Å². The average Bonchev–Trinajstić information content (AvgIpc) is 3.14. The summed E-state index contributed by atoms with van der Waals surface area (Å²) in [5, 5.41) is 11.6. The Labute approximate surface area is 213 Å². The number of ketones is 1. The van der Waals surface area contributed by atoms with Crippen LogP contribution in [0.3, 0.4) is 0 Å². The number of anilines is 1. The summed E-state index contributed by atoms with van der Waals surface area (Å²) in [6.45, 7) is 2.03. The van der Waals surface area contributed by atoms with Crippen LogP contribution in [0, 0.1) is 0 Å². The molecule has 1 atom stereocenters. The van der Waals surface area contributed by atoms with E-state index in [1.807, 2.05) is 25.1 Å². The molecule has 0 saturated carbocycles. The third-order valence-electron chi connectivity index (χ3n) is 5.98. The molecule has 35 heavy (non-hydrogen) atoms. The molecule has 1 amide bonds. The highest BCUT2D eigenvalue weighted by atomic mass is 35.5. The number of carbonyl (C=O) groups excluding carboxylic acids is 2. The zero-order valence-corrected chi connectivity index (χ0v) is 20.9. The summed E-state index contributed by atoms with van der Waals surface area (Å²) < 4.78 is 10.6. The summed E-state index contributed by atoms with van der Waals surface area (Å²) in [7, 11) is 2.77. The summed E-state index contributed by atoms with van der Waals surface area (Å²) in [5.74, 6) is -1.81. The summed E-state index contributed by atoms with van der Waals surface area (Å²) in [5.41, 5.74) is 2.25. The highest BCUT2D eigenvalue weighted by Crippen LogP contribution is 2.48. The van der Waals surface area contributed by atoms with E-state index in [1.54, 1.807) is 36.4 Å². The number of aliphatic hydroxyl groups excluding tert-OH is 1. The van der Waals surface area contributed by atoms with Gasteiger partial charge in [-0.1, -0.05) is 72.6 Å². The average molecular weight is 512 g/mol. The first-order valence-corrected chi connectivity index (χ1v) is 11.6. The van der Waals surface area contributed by atoms with Gasteiger partial charge in [-0.05, 0) is 35.7 Å². The molecular weight excluding hydrogens is 489 g/mol. The van der Waals surface area contributed by atoms with Crippen molar-refractivity contribution in [3.05, 3.63) is 93.0 Å². The second-order valence-electron chi connectivity index (χ2n) is 7.89. The van der Waals surface area contributed by atoms with Crippen LogP contribution in [0.25, 0.3) is 5.76 Å². The van der Waals surface area contributed by atoms with Gasteiger partial charge in [-0.25, -0.2) is 0 Å². The highest BCUT2D eigenvalue weighted by Gasteiger charge is 2.47. The largest absolute Gasteiger partial charge is 0.507 e. The number of aryl methyl sites for hydroxylation is 1. The van der Waals surface area contributed by atoms with E-state index in [2.05, 4.69) is 0 Å². The summed E-state index contributed by atoms with van der Waals surface area (Å²) in [4.78, 5) is 28.1. The fourth-order valence-corrected chi connectivity index (χ4v) is 4.92. The fourth-order valence-electron chi connectivity index (χ4n) is 4.23. The zero-order valence-electron chi connectivity index (χ0n) is 19.3. The van der Waals surface area contributed by atoms with Gasteiger partial charge in [0.05, 0.1) is 36.4 Å². The van der Waals surface area contributed by atoms with Gasteiger partial charge in [0.25, 0.3) is 11.7 Å². The molecule has 1 saturated heterocycles. The molecule has 6 nitrogen and oxygen atoms in total. The zero-order chi connectivity index (χ0) is 25.3. The van der Waals surface area contributed by atoms with E-state index < -0.39 is 23.5 Å². The van der Waals surface area contributed by atoms with Crippen molar-refractivity contribution in [2.75, 3.05) is 19.1 Å². The van der Waals surface area contributed by atoms with Crippen molar-refractivity contribution < 1.29 is 24.2 Å². The Morgan fingerprint density at radius 1 is 0.971 bits per heavy atom. The first-order valence-electron chi connectivity index (χ1n) is 10.9. The SMILES string of the molecule is CCc1ccc(N2C(=O)C(=O)/C(=C(/O)c3cc(Cl)c(OC)c(Cl)c3OC)C2c2ccccc2)cc1. The molecule has 180 valence electrons. The van der Waals surface area contributed by atoms with Crippen molar-refractivity contribution >= 4 is 46.3 Å². The Balaban J connectivity index is 1.98. The number of aliphatic hydroxyl groups is 1. The molecule has 3 aromatic carbocycles. The van der Waals surface area contributed by atoms with Crippen LogP contribution in [0.1, 0.15) is 29.7 Å². The van der Waals surface area contributed by atoms with Crippen LogP contribution in [0.15, 0.2) is 66.2 Å². The summed E-state index contributed by atoms with van der Waals surface area (Å²) in [6, 6.07) is 16.9. The van der Waals surface area contributed by atoms with Gasteiger partial charge in [0.15, 0.2) is 11.5 Å². The lowest BCUT2D eigenvalue weighted by Crippen LogP contribution is -2.29. The molecule has 1 aliphatic heterocycles. The maximum absolute atomic E-state index is 13.4. The molecule has 8 heteroatoms. The van der Waals surface area contributed by atoms with Crippen molar-refractivity contribution in [3.63, 3.8) is 0 Å². The standard InChI is InChI=1S/C27H23Cl2NO5/c1-4-15-10-12-17(13-11-15)30-22(16-8-6-5-7-9-16)20(24(32)27(30)33)23(31)18-14-19(28)26(35-3)21(29)25(18)34-2/h5-14,22,31H,4H2,1-3H3/b23-20+. The number of Topliss-reactive ketones (excluding diaryl/α,β-unsaturated/α-hetero) is 1. The van der Waals surface area contributed by atoms with Crippen LogP contribution < -0.4 is 14.4 Å². The van der Waals surface area contributed by atoms with Gasteiger partial charge in [-0.3, -0.25) is 14.5 Å². The topological polar surface area (TPSA) is 76.1 Å². The molecular formula is C27H23Cl2NO5. The van der Waals surface area contributed by atoms with E-state index in [1.165, 1.54) is 25.2 Å². The number of carbonyl (C=O) groups is 2. The number of rotatable bonds is 6. The Morgan fingerprint density at radius 2 is 1.60 bits per heavy atom. The highest BCUT2D eigenvalue weighted by molar-refractivity contribution is 6.52. The van der Waals surface area contributed by atoms with E-state index in [4.69, 9.17) is 32.7 Å². The minimum absolute atomic E-state index is 0.0321. The van der Waals surface area contributed by atoms with E-state index in [0.717, 1.165) is 12.0 Å². The first-order chi connectivity index (χ1) is 16.8. The molecule has 4 rings (SSSR count). The smallest absolute Gasteiger partial charge is 0.300 e. The van der Waals surface area contributed by atoms with Gasteiger partial charge < -0.3 is 14.6 Å². The molecule has 0 radical (unpaired) electrons. The molecule has 1 unspecified atom stereocenters. The molecule has 0 bridgehead atoms. The third-order valence-corrected chi connectivity index (χ3v) is 6.60. The Kier molecular flexibility index (Phi) is 7.05. The number of methoxy groups -OCH3 is 2. The van der Waals surface area contributed by atoms with E-state index in [9.17, 15) is 14.7 Å². The number of benzene rings is 3. The van der Waals surface area contributed by atoms with Crippen molar-refractivity contribution in [2.45, 2.75) is 19.4 Å². The minimum atomic E-state index is -0.881. The minimum Gasteiger partial charge on any atom is -0.507 e. The predicted molar refractivity (Wildman–Crippen MR) is 137 cm³/mol. The summed E-state index contributed by atoms with van der Waals surface area (Å²) in [6.07, 6.45) is 0.833. The molecule has 1 heterocycles. The van der Waals surface area contributed by atoms with Gasteiger partial charge in [-0.15, -0.1) is 0 Å². The first kappa shape index (κ1) is 24.6. The van der Waals surface area contributed by atoms with Gasteiger partial charge in [0, 0.05) is 5.69 Å². The monoisotopic (exact) mass is 511 g/mol. The number of ether oxygens (including phenoxy) is 2. The lowest BCUT2D eigenvalue weighted by Gasteiger charge is -2.26. The van der Waals surface area contributed by atoms with Crippen LogP contribution in [0.4, 0.5) is 5.69 Å². The number of halogens is 2. The van der Waals surface area contributed by atoms with Crippen molar-refractivity contribution in [1.82, 2.24) is 0 Å². The van der Waals surface area contributed by atoms with E-state index >= 15 is 0 Å². The second-order valence-corrected chi connectivity index (χ2v) is 8.67. The van der Waals surface area contributed by atoms with Gasteiger partial charge >= 0.3 is 0 Å². The van der Waals surface area contributed by atoms with E-state index in [0.29, 0.717) is 11.3 Å². The second kappa shape index (κ2) is 10.0. The Hall–Kier alpha value is -3.48. The van der Waals surface area contributed by atoms with Gasteiger partial charge in [0.2, 0.25) is 0 Å². The summed E-state index contributed by atoms with van der Waals surface area (Å²) >= 11 is 12.7. The predicted octanol–water partition coefficient (Wildman–Crippen LogP) is 6.20. The molecule has 1 fully saturated rings.